The molecule has 3 aromatic rings. The number of amides is 1. The summed E-state index contributed by atoms with van der Waals surface area (Å²) in [6.45, 7) is 4.81. The van der Waals surface area contributed by atoms with Gasteiger partial charge in [0.25, 0.3) is 0 Å². The third-order valence-corrected chi connectivity index (χ3v) is 9.49. The van der Waals surface area contributed by atoms with Gasteiger partial charge in [0.05, 0.1) is 16.3 Å². The van der Waals surface area contributed by atoms with Crippen LogP contribution in [0.5, 0.6) is 0 Å². The zero-order valence-corrected chi connectivity index (χ0v) is 22.7. The van der Waals surface area contributed by atoms with Crippen LogP contribution < -0.4 is 5.32 Å². The fraction of sp³-hybridized carbons (Fsp3) is 0.269. The Hall–Kier alpha value is -3.05. The van der Waals surface area contributed by atoms with Crippen molar-refractivity contribution in [3.63, 3.8) is 0 Å². The lowest BCUT2D eigenvalue weighted by Crippen LogP contribution is -2.38. The van der Waals surface area contributed by atoms with Crippen molar-refractivity contribution in [2.75, 3.05) is 26.0 Å². The third kappa shape index (κ3) is 6.19. The van der Waals surface area contributed by atoms with Crippen molar-refractivity contribution in [3.05, 3.63) is 89.0 Å². The number of carbonyl (C=O) groups excluding carboxylic acids is 1. The van der Waals surface area contributed by atoms with Crippen molar-refractivity contribution in [3.8, 4) is 0 Å². The third-order valence-electron chi connectivity index (χ3n) is 5.74. The van der Waals surface area contributed by atoms with E-state index in [0.717, 1.165) is 19.7 Å². The first-order chi connectivity index (χ1) is 16.8. The topological polar surface area (TPSA) is 104 Å². The number of anilines is 1. The molecule has 192 valence electrons. The first-order valence-electron chi connectivity index (χ1n) is 11.3. The summed E-state index contributed by atoms with van der Waals surface area (Å²) < 4.78 is 54.7. The number of hydrogen-bond acceptors (Lipinski definition) is 5. The summed E-state index contributed by atoms with van der Waals surface area (Å²) in [5.74, 6) is -0.581. The lowest BCUT2D eigenvalue weighted by atomic mass is 10.2. The lowest BCUT2D eigenvalue weighted by Gasteiger charge is -2.23. The largest absolute Gasteiger partial charge is 0.325 e. The Balaban J connectivity index is 1.95. The van der Waals surface area contributed by atoms with E-state index >= 15 is 0 Å². The molecule has 0 bridgehead atoms. The molecule has 0 fully saturated rings. The van der Waals surface area contributed by atoms with Gasteiger partial charge in [-0.25, -0.2) is 21.1 Å². The maximum absolute atomic E-state index is 13.7. The second-order valence-corrected chi connectivity index (χ2v) is 12.9. The fourth-order valence-electron chi connectivity index (χ4n) is 3.59. The second kappa shape index (κ2) is 10.9. The van der Waals surface area contributed by atoms with Gasteiger partial charge in [-0.3, -0.25) is 4.79 Å². The van der Waals surface area contributed by atoms with Crippen LogP contribution in [-0.4, -0.2) is 52.0 Å². The summed E-state index contributed by atoms with van der Waals surface area (Å²) in [6.07, 6.45) is 0. The van der Waals surface area contributed by atoms with Gasteiger partial charge in [0.15, 0.2) is 0 Å². The van der Waals surface area contributed by atoms with Crippen molar-refractivity contribution in [1.29, 1.82) is 0 Å². The number of benzene rings is 3. The van der Waals surface area contributed by atoms with Crippen molar-refractivity contribution in [2.24, 2.45) is 0 Å². The van der Waals surface area contributed by atoms with Crippen LogP contribution in [-0.2, 0) is 31.4 Å². The first-order valence-corrected chi connectivity index (χ1v) is 14.1. The number of nitrogens with one attached hydrogen (secondary N) is 1. The summed E-state index contributed by atoms with van der Waals surface area (Å²) in [4.78, 5) is 13.3. The molecule has 1 N–H and O–H groups in total. The maximum Gasteiger partial charge on any atom is 0.244 e. The molecule has 0 atom stereocenters. The van der Waals surface area contributed by atoms with E-state index in [2.05, 4.69) is 5.32 Å². The molecule has 0 saturated carbocycles. The molecular formula is C26H31N3O5S2. The molecule has 0 aliphatic heterocycles. The van der Waals surface area contributed by atoms with Gasteiger partial charge in [-0.2, -0.15) is 4.31 Å². The quantitative estimate of drug-likeness (QED) is 0.455. The first kappa shape index (κ1) is 27.5. The standard InChI is InChI=1S/C26H31N3O5S2/c1-19-11-12-21(3)25(15-19)36(33,34)29(17-22-9-7-6-8-10-22)18-26(30)27-24-16-23(14-13-20(24)2)35(31,32)28(4)5/h6-16H,17-18H2,1-5H3,(H,27,30). The van der Waals surface area contributed by atoms with Gasteiger partial charge in [0.2, 0.25) is 26.0 Å². The van der Waals surface area contributed by atoms with Crippen LogP contribution in [0.4, 0.5) is 5.69 Å². The minimum absolute atomic E-state index is 0.00198. The van der Waals surface area contributed by atoms with E-state index < -0.39 is 32.5 Å². The molecule has 0 aromatic heterocycles. The molecule has 3 aromatic carbocycles. The predicted octanol–water partition coefficient (Wildman–Crippen LogP) is 3.69. The molecule has 36 heavy (non-hydrogen) atoms. The fourth-order valence-corrected chi connectivity index (χ4v) is 6.22. The number of nitrogens with zero attached hydrogens (tertiary/aromatic N) is 2. The molecule has 1 amide bonds. The van der Waals surface area contributed by atoms with Gasteiger partial charge in [0.1, 0.15) is 0 Å². The van der Waals surface area contributed by atoms with E-state index in [0.29, 0.717) is 16.8 Å². The highest BCUT2D eigenvalue weighted by Gasteiger charge is 2.29. The molecule has 8 nitrogen and oxygen atoms in total. The van der Waals surface area contributed by atoms with Gasteiger partial charge in [-0.05, 0) is 61.2 Å². The maximum atomic E-state index is 13.7. The number of aryl methyl sites for hydroxylation is 3. The monoisotopic (exact) mass is 529 g/mol. The zero-order valence-electron chi connectivity index (χ0n) is 21.0. The molecule has 10 heteroatoms. The van der Waals surface area contributed by atoms with E-state index in [1.54, 1.807) is 56.3 Å². The zero-order chi connectivity index (χ0) is 26.7. The van der Waals surface area contributed by atoms with Crippen LogP contribution in [0.2, 0.25) is 0 Å². The Bertz CT molecular complexity index is 1470. The van der Waals surface area contributed by atoms with Crippen LogP contribution in [0.15, 0.2) is 76.5 Å². The van der Waals surface area contributed by atoms with Gasteiger partial charge in [0, 0.05) is 26.3 Å². The second-order valence-electron chi connectivity index (χ2n) is 8.84. The molecule has 0 saturated heterocycles. The van der Waals surface area contributed by atoms with E-state index in [-0.39, 0.29) is 16.3 Å². The summed E-state index contributed by atoms with van der Waals surface area (Å²) in [7, 11) is -4.88. The Morgan fingerprint density at radius 3 is 2.08 bits per heavy atom. The minimum Gasteiger partial charge on any atom is -0.325 e. The normalized spacial score (nSPS) is 12.2. The SMILES string of the molecule is Cc1ccc(C)c(S(=O)(=O)N(CC(=O)Nc2cc(S(=O)(=O)N(C)C)ccc2C)Cc2ccccc2)c1. The van der Waals surface area contributed by atoms with E-state index in [1.165, 1.54) is 26.2 Å². The summed E-state index contributed by atoms with van der Waals surface area (Å²) in [5, 5.41) is 2.70. The van der Waals surface area contributed by atoms with Crippen LogP contribution >= 0.6 is 0 Å². The van der Waals surface area contributed by atoms with Crippen LogP contribution in [0.25, 0.3) is 0 Å². The Labute approximate surface area is 213 Å². The average molecular weight is 530 g/mol. The highest BCUT2D eigenvalue weighted by atomic mass is 32.2. The van der Waals surface area contributed by atoms with Crippen molar-refractivity contribution >= 4 is 31.6 Å². The molecule has 0 aliphatic rings. The number of rotatable bonds is 9. The summed E-state index contributed by atoms with van der Waals surface area (Å²) in [5.41, 5.74) is 3.04. The predicted molar refractivity (Wildman–Crippen MR) is 141 cm³/mol. The van der Waals surface area contributed by atoms with Gasteiger partial charge in [-0.15, -0.1) is 0 Å². The van der Waals surface area contributed by atoms with Gasteiger partial charge < -0.3 is 5.32 Å². The van der Waals surface area contributed by atoms with Crippen LogP contribution in [0, 0.1) is 20.8 Å². The molecule has 3 rings (SSSR count). The number of carbonyl (C=O) groups is 1. The Kier molecular flexibility index (Phi) is 8.35. The van der Waals surface area contributed by atoms with E-state index in [9.17, 15) is 21.6 Å². The van der Waals surface area contributed by atoms with Crippen LogP contribution in [0.3, 0.4) is 0 Å². The number of sulfonamides is 2. The van der Waals surface area contributed by atoms with Crippen molar-refractivity contribution < 1.29 is 21.6 Å². The summed E-state index contributed by atoms with van der Waals surface area (Å²) in [6, 6.07) is 18.6. The van der Waals surface area contributed by atoms with Crippen molar-refractivity contribution in [1.82, 2.24) is 8.61 Å². The number of hydrogen-bond donors (Lipinski definition) is 1. The molecule has 0 heterocycles. The smallest absolute Gasteiger partial charge is 0.244 e. The van der Waals surface area contributed by atoms with Crippen LogP contribution in [0.1, 0.15) is 22.3 Å². The van der Waals surface area contributed by atoms with E-state index in [1.807, 2.05) is 19.1 Å². The highest BCUT2D eigenvalue weighted by molar-refractivity contribution is 7.89. The highest BCUT2D eigenvalue weighted by Crippen LogP contribution is 2.25. The molecular weight excluding hydrogens is 498 g/mol. The molecule has 0 unspecified atom stereocenters. The molecule has 0 radical (unpaired) electrons. The molecule has 0 aliphatic carbocycles. The Morgan fingerprint density at radius 1 is 0.806 bits per heavy atom. The lowest BCUT2D eigenvalue weighted by molar-refractivity contribution is -0.116. The summed E-state index contributed by atoms with van der Waals surface area (Å²) >= 11 is 0. The van der Waals surface area contributed by atoms with Gasteiger partial charge in [-0.1, -0.05) is 48.5 Å². The Morgan fingerprint density at radius 2 is 1.44 bits per heavy atom. The van der Waals surface area contributed by atoms with Crippen molar-refractivity contribution in [2.45, 2.75) is 37.1 Å². The molecule has 0 spiro atoms. The average Bonchev–Trinajstić information content (AvgIpc) is 2.82. The van der Waals surface area contributed by atoms with E-state index in [4.69, 9.17) is 0 Å². The minimum atomic E-state index is -4.02. The van der Waals surface area contributed by atoms with Gasteiger partial charge >= 0.3 is 0 Å².